The number of nitrogens with zero attached hydrogens (tertiary/aromatic N) is 1. The summed E-state index contributed by atoms with van der Waals surface area (Å²) in [4.78, 5) is 13.0. The maximum absolute atomic E-state index is 12.5. The summed E-state index contributed by atoms with van der Waals surface area (Å²) in [6, 6.07) is 5.16. The Kier molecular flexibility index (Phi) is 5.52. The van der Waals surface area contributed by atoms with Gasteiger partial charge in [-0.2, -0.15) is 8.78 Å². The second-order valence-electron chi connectivity index (χ2n) is 5.00. The first-order valence-electron chi connectivity index (χ1n) is 6.64. The van der Waals surface area contributed by atoms with E-state index >= 15 is 0 Å². The Morgan fingerprint density at radius 2 is 2.10 bits per heavy atom. The lowest BCUT2D eigenvalue weighted by molar-refractivity contribution is -0.143. The highest BCUT2D eigenvalue weighted by molar-refractivity contribution is 9.10. The molecule has 0 unspecified atom stereocenters. The molecule has 0 spiro atoms. The number of rotatable bonds is 5. The fraction of sp³-hybridized carbons (Fsp3) is 0.500. The van der Waals surface area contributed by atoms with Crippen molar-refractivity contribution in [3.05, 3.63) is 28.2 Å². The van der Waals surface area contributed by atoms with E-state index in [1.807, 2.05) is 0 Å². The van der Waals surface area contributed by atoms with Gasteiger partial charge in [0, 0.05) is 12.1 Å². The smallest absolute Gasteiger partial charge is 0.387 e. The third kappa shape index (κ3) is 4.38. The number of benzene rings is 1. The molecule has 2 rings (SSSR count). The molecule has 1 N–H and O–H groups in total. The average Bonchev–Trinajstić information content (AvgIpc) is 2.43. The number of ether oxygens (including phenoxy) is 1. The molecule has 1 saturated heterocycles. The van der Waals surface area contributed by atoms with E-state index in [9.17, 15) is 13.6 Å². The molecule has 0 bridgehead atoms. The molecule has 1 aromatic rings. The van der Waals surface area contributed by atoms with E-state index in [1.54, 1.807) is 18.2 Å². The van der Waals surface area contributed by atoms with Crippen molar-refractivity contribution in [1.82, 2.24) is 4.90 Å². The zero-order valence-corrected chi connectivity index (χ0v) is 12.9. The molecular formula is C14H16BrF2NO3. The van der Waals surface area contributed by atoms with Gasteiger partial charge in [0.2, 0.25) is 0 Å². The van der Waals surface area contributed by atoms with E-state index in [0.717, 1.165) is 0 Å². The highest BCUT2D eigenvalue weighted by Gasteiger charge is 2.25. The van der Waals surface area contributed by atoms with Crippen LogP contribution in [-0.4, -0.2) is 35.7 Å². The fourth-order valence-corrected chi connectivity index (χ4v) is 2.98. The van der Waals surface area contributed by atoms with Gasteiger partial charge in [0.1, 0.15) is 5.75 Å². The number of halogens is 3. The first kappa shape index (κ1) is 16.2. The topological polar surface area (TPSA) is 49.8 Å². The highest BCUT2D eigenvalue weighted by Crippen LogP contribution is 2.32. The normalized spacial score (nSPS) is 17.1. The summed E-state index contributed by atoms with van der Waals surface area (Å²) < 4.78 is 30.0. The third-order valence-corrected chi connectivity index (χ3v) is 4.21. The second-order valence-corrected chi connectivity index (χ2v) is 5.85. The number of carboxylic acid groups (broad SMARTS) is 1. The summed E-state index contributed by atoms with van der Waals surface area (Å²) in [7, 11) is 0. The summed E-state index contributed by atoms with van der Waals surface area (Å²) in [5, 5.41) is 8.97. The van der Waals surface area contributed by atoms with Crippen molar-refractivity contribution in [2.45, 2.75) is 26.0 Å². The van der Waals surface area contributed by atoms with Crippen molar-refractivity contribution in [3.63, 3.8) is 0 Å². The Bertz CT molecular complexity index is 505. The molecule has 1 aromatic carbocycles. The molecule has 0 radical (unpaired) electrons. The van der Waals surface area contributed by atoms with Gasteiger partial charge >= 0.3 is 12.6 Å². The van der Waals surface area contributed by atoms with E-state index < -0.39 is 12.6 Å². The predicted octanol–water partition coefficient (Wildman–Crippen LogP) is 3.35. The van der Waals surface area contributed by atoms with Gasteiger partial charge in [-0.05, 0) is 47.9 Å². The molecule has 1 aliphatic rings. The van der Waals surface area contributed by atoms with Gasteiger partial charge in [0.05, 0.1) is 10.4 Å². The molecule has 4 nitrogen and oxygen atoms in total. The minimum atomic E-state index is -2.87. The summed E-state index contributed by atoms with van der Waals surface area (Å²) in [6.45, 7) is -1.14. The fourth-order valence-electron chi connectivity index (χ4n) is 2.48. The van der Waals surface area contributed by atoms with Crippen LogP contribution in [0.15, 0.2) is 22.7 Å². The highest BCUT2D eigenvalue weighted by atomic mass is 79.9. The zero-order valence-electron chi connectivity index (χ0n) is 11.3. The Hall–Kier alpha value is -1.21. The van der Waals surface area contributed by atoms with Gasteiger partial charge in [0.25, 0.3) is 0 Å². The van der Waals surface area contributed by atoms with Gasteiger partial charge in [-0.3, -0.25) is 9.69 Å². The van der Waals surface area contributed by atoms with Crippen molar-refractivity contribution in [3.8, 4) is 5.75 Å². The SMILES string of the molecule is O=C(O)C1CCN(Cc2cccc(Br)c2OC(F)F)CC1. The van der Waals surface area contributed by atoms with E-state index in [-0.39, 0.29) is 11.7 Å². The predicted molar refractivity (Wildman–Crippen MR) is 76.4 cm³/mol. The van der Waals surface area contributed by atoms with Crippen LogP contribution in [0.25, 0.3) is 0 Å². The van der Waals surface area contributed by atoms with E-state index in [2.05, 4.69) is 25.6 Å². The van der Waals surface area contributed by atoms with Crippen molar-refractivity contribution in [2.75, 3.05) is 13.1 Å². The van der Waals surface area contributed by atoms with Crippen LogP contribution >= 0.6 is 15.9 Å². The lowest BCUT2D eigenvalue weighted by Crippen LogP contribution is -2.35. The number of carboxylic acids is 1. The minimum Gasteiger partial charge on any atom is -0.481 e. The van der Waals surface area contributed by atoms with Crippen molar-refractivity contribution < 1.29 is 23.4 Å². The Balaban J connectivity index is 2.03. The molecule has 1 aliphatic heterocycles. The van der Waals surface area contributed by atoms with Gasteiger partial charge < -0.3 is 9.84 Å². The standard InChI is InChI=1S/C14H16BrF2NO3/c15-11-3-1-2-10(12(11)21-14(16)17)8-18-6-4-9(5-7-18)13(19)20/h1-3,9,14H,4-8H2,(H,19,20). The molecule has 0 aromatic heterocycles. The van der Waals surface area contributed by atoms with Crippen LogP contribution in [0.2, 0.25) is 0 Å². The number of piperidine rings is 1. The van der Waals surface area contributed by atoms with E-state index in [0.29, 0.717) is 42.5 Å². The first-order chi connectivity index (χ1) is 9.97. The number of para-hydroxylation sites is 1. The van der Waals surface area contributed by atoms with E-state index in [1.165, 1.54) is 0 Å². The van der Waals surface area contributed by atoms with Gasteiger partial charge in [0.15, 0.2) is 0 Å². The van der Waals surface area contributed by atoms with Crippen LogP contribution in [0.1, 0.15) is 18.4 Å². The third-order valence-electron chi connectivity index (χ3n) is 3.59. The minimum absolute atomic E-state index is 0.146. The lowest BCUT2D eigenvalue weighted by atomic mass is 9.97. The quantitative estimate of drug-likeness (QED) is 0.871. The maximum Gasteiger partial charge on any atom is 0.387 e. The van der Waals surface area contributed by atoms with Crippen LogP contribution in [-0.2, 0) is 11.3 Å². The van der Waals surface area contributed by atoms with Crippen LogP contribution in [0.4, 0.5) is 8.78 Å². The Morgan fingerprint density at radius 1 is 1.43 bits per heavy atom. The van der Waals surface area contributed by atoms with Crippen LogP contribution < -0.4 is 4.74 Å². The summed E-state index contributed by atoms with van der Waals surface area (Å²) in [6.07, 6.45) is 1.16. The number of aliphatic carboxylic acids is 1. The summed E-state index contributed by atoms with van der Waals surface area (Å²) in [5.74, 6) is -0.924. The molecular weight excluding hydrogens is 348 g/mol. The maximum atomic E-state index is 12.5. The van der Waals surface area contributed by atoms with Gasteiger partial charge in [-0.1, -0.05) is 12.1 Å². The van der Waals surface area contributed by atoms with Gasteiger partial charge in [-0.25, -0.2) is 0 Å². The Morgan fingerprint density at radius 3 is 2.67 bits per heavy atom. The first-order valence-corrected chi connectivity index (χ1v) is 7.44. The monoisotopic (exact) mass is 363 g/mol. The molecule has 0 atom stereocenters. The summed E-state index contributed by atoms with van der Waals surface area (Å²) in [5.41, 5.74) is 0.665. The van der Waals surface area contributed by atoms with Gasteiger partial charge in [-0.15, -0.1) is 0 Å². The molecule has 21 heavy (non-hydrogen) atoms. The average molecular weight is 364 g/mol. The molecule has 0 saturated carbocycles. The molecule has 0 aliphatic carbocycles. The zero-order chi connectivity index (χ0) is 15.4. The number of likely N-dealkylation sites (tertiary alicyclic amines) is 1. The molecule has 7 heteroatoms. The number of alkyl halides is 2. The van der Waals surface area contributed by atoms with Crippen molar-refractivity contribution >= 4 is 21.9 Å². The molecule has 0 amide bonds. The molecule has 116 valence electrons. The lowest BCUT2D eigenvalue weighted by Gasteiger charge is -2.30. The van der Waals surface area contributed by atoms with E-state index in [4.69, 9.17) is 5.11 Å². The number of hydrogen-bond acceptors (Lipinski definition) is 3. The summed E-state index contributed by atoms with van der Waals surface area (Å²) >= 11 is 3.21. The Labute approximate surface area is 129 Å². The molecule has 1 fully saturated rings. The molecule has 1 heterocycles. The number of carbonyl (C=O) groups is 1. The number of hydrogen-bond donors (Lipinski definition) is 1. The van der Waals surface area contributed by atoms with Crippen LogP contribution in [0.3, 0.4) is 0 Å². The van der Waals surface area contributed by atoms with Crippen LogP contribution in [0, 0.1) is 5.92 Å². The second kappa shape index (κ2) is 7.17. The largest absolute Gasteiger partial charge is 0.481 e. The van der Waals surface area contributed by atoms with Crippen molar-refractivity contribution in [1.29, 1.82) is 0 Å². The van der Waals surface area contributed by atoms with Crippen molar-refractivity contribution in [2.24, 2.45) is 5.92 Å². The van der Waals surface area contributed by atoms with Crippen LogP contribution in [0.5, 0.6) is 5.75 Å².